The average Bonchev–Trinajstić information content (AvgIpc) is 2.85. The summed E-state index contributed by atoms with van der Waals surface area (Å²) < 4.78 is 40.2. The van der Waals surface area contributed by atoms with Crippen molar-refractivity contribution in [3.63, 3.8) is 0 Å². The fourth-order valence-corrected chi connectivity index (χ4v) is 2.63. The molecule has 0 bridgehead atoms. The van der Waals surface area contributed by atoms with E-state index >= 15 is 0 Å². The van der Waals surface area contributed by atoms with Gasteiger partial charge in [0.25, 0.3) is 0 Å². The number of pyridine rings is 1. The van der Waals surface area contributed by atoms with Crippen LogP contribution >= 0.6 is 11.6 Å². The van der Waals surface area contributed by atoms with E-state index in [-0.39, 0.29) is 16.9 Å². The number of hydrogen-bond acceptors (Lipinski definition) is 3. The lowest BCUT2D eigenvalue weighted by Crippen LogP contribution is -2.04. The molecule has 0 amide bonds. The molecule has 0 N–H and O–H groups in total. The fourth-order valence-electron chi connectivity index (χ4n) is 2.45. The fraction of sp³-hybridized carbons (Fsp3) is 0.188. The number of alkyl halides is 3. The van der Waals surface area contributed by atoms with E-state index in [1.165, 1.54) is 12.1 Å². The van der Waals surface area contributed by atoms with Gasteiger partial charge in [0.15, 0.2) is 5.82 Å². The number of rotatable bonds is 1. The maximum absolute atomic E-state index is 12.9. The molecule has 4 nitrogen and oxygen atoms in total. The molecule has 0 saturated heterocycles. The van der Waals surface area contributed by atoms with Gasteiger partial charge in [0.2, 0.25) is 0 Å². The van der Waals surface area contributed by atoms with Crippen molar-refractivity contribution >= 4 is 22.6 Å². The van der Waals surface area contributed by atoms with E-state index < -0.39 is 11.7 Å². The zero-order valence-corrected chi connectivity index (χ0v) is 13.4. The first-order valence-corrected chi connectivity index (χ1v) is 7.21. The quantitative estimate of drug-likeness (QED) is 0.650. The summed E-state index contributed by atoms with van der Waals surface area (Å²) in [5.41, 5.74) is 0.980. The number of hydrogen-bond donors (Lipinski definition) is 0. The van der Waals surface area contributed by atoms with E-state index in [4.69, 9.17) is 16.9 Å². The van der Waals surface area contributed by atoms with Gasteiger partial charge in [-0.25, -0.2) is 9.97 Å². The highest BCUT2D eigenvalue weighted by molar-refractivity contribution is 6.33. The maximum Gasteiger partial charge on any atom is 0.416 e. The van der Waals surface area contributed by atoms with E-state index in [1.54, 1.807) is 18.5 Å². The zero-order valence-electron chi connectivity index (χ0n) is 12.6. The van der Waals surface area contributed by atoms with Crippen LogP contribution in [0.3, 0.4) is 0 Å². The Morgan fingerprint density at radius 2 is 1.92 bits per heavy atom. The SMILES string of the molecule is Cc1cc(C#N)nc(-c2nc3cc(C(F)(F)F)ccc3n2C)c1Cl. The molecular weight excluding hydrogens is 341 g/mol. The Kier molecular flexibility index (Phi) is 3.73. The minimum absolute atomic E-state index is 0.162. The van der Waals surface area contributed by atoms with Crippen LogP contribution in [0.1, 0.15) is 16.8 Å². The topological polar surface area (TPSA) is 54.5 Å². The lowest BCUT2D eigenvalue weighted by atomic mass is 10.2. The third kappa shape index (κ3) is 2.59. The van der Waals surface area contributed by atoms with Gasteiger partial charge in [0.1, 0.15) is 17.5 Å². The highest BCUT2D eigenvalue weighted by atomic mass is 35.5. The molecule has 0 fully saturated rings. The first kappa shape index (κ1) is 16.3. The second-order valence-electron chi connectivity index (χ2n) is 5.29. The normalized spacial score (nSPS) is 11.7. The standard InChI is InChI=1S/C16H10ClF3N4/c1-8-5-10(7-21)22-14(13(8)17)15-23-11-6-9(16(18,19)20)3-4-12(11)24(15)2/h3-6H,1-2H3. The van der Waals surface area contributed by atoms with E-state index in [9.17, 15) is 13.2 Å². The minimum Gasteiger partial charge on any atom is -0.326 e. The van der Waals surface area contributed by atoms with Crippen molar-refractivity contribution in [2.45, 2.75) is 13.1 Å². The smallest absolute Gasteiger partial charge is 0.326 e. The molecule has 3 rings (SSSR count). The van der Waals surface area contributed by atoms with E-state index in [1.807, 2.05) is 6.07 Å². The number of imidazole rings is 1. The molecular formula is C16H10ClF3N4. The van der Waals surface area contributed by atoms with Crippen molar-refractivity contribution in [2.75, 3.05) is 0 Å². The zero-order chi connectivity index (χ0) is 17.6. The van der Waals surface area contributed by atoms with Crippen LogP contribution in [0.2, 0.25) is 5.02 Å². The highest BCUT2D eigenvalue weighted by Gasteiger charge is 2.31. The molecule has 0 aliphatic rings. The van der Waals surface area contributed by atoms with Crippen molar-refractivity contribution in [3.8, 4) is 17.6 Å². The Labute approximate surface area is 140 Å². The maximum atomic E-state index is 12.9. The summed E-state index contributed by atoms with van der Waals surface area (Å²) in [5.74, 6) is 0.300. The Morgan fingerprint density at radius 1 is 1.21 bits per heavy atom. The first-order chi connectivity index (χ1) is 11.2. The molecule has 0 aliphatic carbocycles. The largest absolute Gasteiger partial charge is 0.416 e. The summed E-state index contributed by atoms with van der Waals surface area (Å²) in [7, 11) is 1.66. The van der Waals surface area contributed by atoms with Gasteiger partial charge in [-0.05, 0) is 36.8 Å². The van der Waals surface area contributed by atoms with Crippen LogP contribution in [-0.2, 0) is 13.2 Å². The summed E-state index contributed by atoms with van der Waals surface area (Å²) >= 11 is 6.25. The molecule has 0 aliphatic heterocycles. The average molecular weight is 351 g/mol. The summed E-state index contributed by atoms with van der Waals surface area (Å²) in [6.07, 6.45) is -4.45. The Balaban J connectivity index is 2.27. The molecule has 0 spiro atoms. The van der Waals surface area contributed by atoms with Gasteiger partial charge in [0, 0.05) is 7.05 Å². The Morgan fingerprint density at radius 3 is 2.54 bits per heavy atom. The van der Waals surface area contributed by atoms with Crippen molar-refractivity contribution < 1.29 is 13.2 Å². The first-order valence-electron chi connectivity index (χ1n) is 6.83. The van der Waals surface area contributed by atoms with Crippen LogP contribution < -0.4 is 0 Å². The summed E-state index contributed by atoms with van der Waals surface area (Å²) in [6, 6.07) is 6.80. The van der Waals surface area contributed by atoms with Crippen LogP contribution in [0.15, 0.2) is 24.3 Å². The molecule has 0 unspecified atom stereocenters. The number of benzene rings is 1. The van der Waals surface area contributed by atoms with Gasteiger partial charge in [-0.2, -0.15) is 18.4 Å². The minimum atomic E-state index is -4.45. The number of nitriles is 1. The Bertz CT molecular complexity index is 999. The number of fused-ring (bicyclic) bond motifs is 1. The third-order valence-electron chi connectivity index (χ3n) is 3.67. The van der Waals surface area contributed by atoms with Gasteiger partial charge in [0.05, 0.1) is 21.6 Å². The van der Waals surface area contributed by atoms with Crippen LogP contribution in [0.5, 0.6) is 0 Å². The molecule has 2 aromatic heterocycles. The second-order valence-corrected chi connectivity index (χ2v) is 5.67. The van der Waals surface area contributed by atoms with E-state index in [2.05, 4.69) is 9.97 Å². The van der Waals surface area contributed by atoms with Gasteiger partial charge >= 0.3 is 6.18 Å². The van der Waals surface area contributed by atoms with Gasteiger partial charge < -0.3 is 4.57 Å². The van der Waals surface area contributed by atoms with Gasteiger partial charge in [-0.1, -0.05) is 11.6 Å². The van der Waals surface area contributed by atoms with E-state index in [0.29, 0.717) is 21.9 Å². The summed E-state index contributed by atoms with van der Waals surface area (Å²) in [5, 5.41) is 9.36. The number of aromatic nitrogens is 3. The van der Waals surface area contributed by atoms with Crippen molar-refractivity contribution in [3.05, 3.63) is 46.1 Å². The van der Waals surface area contributed by atoms with Gasteiger partial charge in [-0.3, -0.25) is 0 Å². The number of halogens is 4. The van der Waals surface area contributed by atoms with Crippen molar-refractivity contribution in [1.82, 2.24) is 14.5 Å². The lowest BCUT2D eigenvalue weighted by Gasteiger charge is -2.07. The highest BCUT2D eigenvalue weighted by Crippen LogP contribution is 2.34. The molecule has 0 radical (unpaired) electrons. The molecule has 0 saturated carbocycles. The predicted octanol–water partition coefficient (Wildman–Crippen LogP) is 4.49. The van der Waals surface area contributed by atoms with Crippen LogP contribution in [0.4, 0.5) is 13.2 Å². The van der Waals surface area contributed by atoms with Crippen LogP contribution in [0.25, 0.3) is 22.6 Å². The molecule has 8 heteroatoms. The Hall–Kier alpha value is -2.59. The lowest BCUT2D eigenvalue weighted by molar-refractivity contribution is -0.137. The summed E-state index contributed by atoms with van der Waals surface area (Å²) in [4.78, 5) is 8.39. The molecule has 0 atom stereocenters. The summed E-state index contributed by atoms with van der Waals surface area (Å²) in [6.45, 7) is 1.72. The molecule has 3 aromatic rings. The second kappa shape index (κ2) is 5.49. The molecule has 24 heavy (non-hydrogen) atoms. The molecule has 2 heterocycles. The van der Waals surface area contributed by atoms with Crippen molar-refractivity contribution in [1.29, 1.82) is 5.26 Å². The number of nitrogens with zero attached hydrogens (tertiary/aromatic N) is 4. The van der Waals surface area contributed by atoms with Gasteiger partial charge in [-0.15, -0.1) is 0 Å². The van der Waals surface area contributed by atoms with Crippen LogP contribution in [-0.4, -0.2) is 14.5 Å². The number of aryl methyl sites for hydroxylation is 2. The van der Waals surface area contributed by atoms with E-state index in [0.717, 1.165) is 12.1 Å². The van der Waals surface area contributed by atoms with Crippen LogP contribution in [0, 0.1) is 18.3 Å². The monoisotopic (exact) mass is 350 g/mol. The molecule has 122 valence electrons. The molecule has 1 aromatic carbocycles. The predicted molar refractivity (Wildman–Crippen MR) is 83.4 cm³/mol. The third-order valence-corrected chi connectivity index (χ3v) is 4.15. The van der Waals surface area contributed by atoms with Crippen molar-refractivity contribution in [2.24, 2.45) is 7.05 Å².